The van der Waals surface area contributed by atoms with Crippen LogP contribution in [0.25, 0.3) is 0 Å². The number of benzene rings is 1. The van der Waals surface area contributed by atoms with Gasteiger partial charge in [-0.05, 0) is 37.1 Å². The number of halogens is 1. The van der Waals surface area contributed by atoms with Gasteiger partial charge in [0.25, 0.3) is 0 Å². The average Bonchev–Trinajstić information content (AvgIpc) is 3.17. The average molecular weight is 339 g/mol. The van der Waals surface area contributed by atoms with Crippen LogP contribution in [0.3, 0.4) is 0 Å². The minimum Gasteiger partial charge on any atom is -0.347 e. The first-order valence-electron chi connectivity index (χ1n) is 7.73. The molecule has 3 rings (SSSR count). The lowest BCUT2D eigenvalue weighted by molar-refractivity contribution is -0.161. The second-order valence-electron chi connectivity index (χ2n) is 5.84. The lowest BCUT2D eigenvalue weighted by Gasteiger charge is -2.21. The first-order chi connectivity index (χ1) is 11.1. The third-order valence-corrected chi connectivity index (χ3v) is 4.33. The highest BCUT2D eigenvalue weighted by molar-refractivity contribution is 6.39. The van der Waals surface area contributed by atoms with Crippen molar-refractivity contribution < 1.29 is 19.1 Å². The van der Waals surface area contributed by atoms with Crippen molar-refractivity contribution in [1.82, 2.24) is 5.32 Å². The van der Waals surface area contributed by atoms with Crippen LogP contribution in [-0.4, -0.2) is 36.9 Å². The molecule has 0 radical (unpaired) electrons. The van der Waals surface area contributed by atoms with Gasteiger partial charge in [0.05, 0.1) is 6.61 Å². The van der Waals surface area contributed by atoms with Gasteiger partial charge in [0, 0.05) is 30.1 Å². The summed E-state index contributed by atoms with van der Waals surface area (Å²) in [7, 11) is 0. The molecule has 1 saturated heterocycles. The monoisotopic (exact) mass is 338 g/mol. The zero-order valence-electron chi connectivity index (χ0n) is 12.6. The molecule has 2 amide bonds. The fraction of sp³-hybridized carbons (Fsp3) is 0.500. The number of nitrogens with one attached hydrogen (secondary N) is 2. The van der Waals surface area contributed by atoms with Crippen LogP contribution in [0, 0.1) is 0 Å². The summed E-state index contributed by atoms with van der Waals surface area (Å²) in [6, 6.07) is 6.54. The van der Waals surface area contributed by atoms with Gasteiger partial charge in [-0.15, -0.1) is 0 Å². The van der Waals surface area contributed by atoms with Gasteiger partial charge in [-0.2, -0.15) is 0 Å². The Morgan fingerprint density at radius 2 is 1.87 bits per heavy atom. The van der Waals surface area contributed by atoms with Crippen LogP contribution in [0.5, 0.6) is 0 Å². The van der Waals surface area contributed by atoms with Crippen LogP contribution in [0.15, 0.2) is 24.3 Å². The Bertz CT molecular complexity index is 584. The molecule has 1 aliphatic carbocycles. The molecule has 0 bridgehead atoms. The Morgan fingerprint density at radius 1 is 1.17 bits per heavy atom. The molecule has 2 aliphatic rings. The predicted molar refractivity (Wildman–Crippen MR) is 85.1 cm³/mol. The number of carbonyl (C=O) groups excluding carboxylic acids is 2. The summed E-state index contributed by atoms with van der Waals surface area (Å²) in [5.74, 6) is -1.88. The molecule has 1 saturated carbocycles. The minimum atomic E-state index is -0.721. The zero-order valence-corrected chi connectivity index (χ0v) is 13.4. The highest BCUT2D eigenvalue weighted by atomic mass is 35.5. The molecule has 1 heterocycles. The number of rotatable bonds is 3. The van der Waals surface area contributed by atoms with Gasteiger partial charge in [-0.1, -0.05) is 11.6 Å². The van der Waals surface area contributed by atoms with E-state index in [1.165, 1.54) is 0 Å². The van der Waals surface area contributed by atoms with E-state index in [4.69, 9.17) is 21.1 Å². The van der Waals surface area contributed by atoms with Gasteiger partial charge in [0.15, 0.2) is 5.79 Å². The van der Waals surface area contributed by atoms with Crippen molar-refractivity contribution >= 4 is 29.1 Å². The smallest absolute Gasteiger partial charge is 0.313 e. The van der Waals surface area contributed by atoms with Gasteiger partial charge in [-0.25, -0.2) is 0 Å². The van der Waals surface area contributed by atoms with E-state index in [9.17, 15) is 9.59 Å². The lowest BCUT2D eigenvalue weighted by atomic mass is 10.2. The molecule has 0 aromatic heterocycles. The van der Waals surface area contributed by atoms with Crippen LogP contribution < -0.4 is 10.6 Å². The van der Waals surface area contributed by atoms with Gasteiger partial charge in [0.1, 0.15) is 6.10 Å². The van der Waals surface area contributed by atoms with E-state index in [0.717, 1.165) is 25.7 Å². The number of carbonyl (C=O) groups is 2. The summed E-state index contributed by atoms with van der Waals surface area (Å²) in [6.07, 6.45) is 3.79. The number of ether oxygens (including phenoxy) is 2. The fourth-order valence-corrected chi connectivity index (χ4v) is 3.03. The summed E-state index contributed by atoms with van der Waals surface area (Å²) >= 11 is 5.77. The molecule has 6 nitrogen and oxygen atoms in total. The lowest BCUT2D eigenvalue weighted by Crippen LogP contribution is -2.40. The second-order valence-corrected chi connectivity index (χ2v) is 6.28. The first-order valence-corrected chi connectivity index (χ1v) is 8.11. The molecule has 23 heavy (non-hydrogen) atoms. The van der Waals surface area contributed by atoms with Gasteiger partial charge in [0.2, 0.25) is 0 Å². The number of amides is 2. The summed E-state index contributed by atoms with van der Waals surface area (Å²) in [6.45, 7) is 0.702. The van der Waals surface area contributed by atoms with Crippen molar-refractivity contribution in [2.45, 2.75) is 37.6 Å². The van der Waals surface area contributed by atoms with Gasteiger partial charge < -0.3 is 20.1 Å². The highest BCUT2D eigenvalue weighted by Gasteiger charge is 2.43. The molecule has 2 N–H and O–H groups in total. The molecule has 1 aromatic carbocycles. The molecule has 1 aromatic rings. The van der Waals surface area contributed by atoms with Crippen molar-refractivity contribution in [2.24, 2.45) is 0 Å². The maximum atomic E-state index is 11.8. The molecule has 7 heteroatoms. The maximum absolute atomic E-state index is 11.8. The number of anilines is 1. The number of hydrogen-bond donors (Lipinski definition) is 2. The SMILES string of the molecule is O=C(NC[C@@H]1COC2(CCCC2)O1)C(=O)Nc1ccc(Cl)cc1. The minimum absolute atomic E-state index is 0.208. The van der Waals surface area contributed by atoms with E-state index in [2.05, 4.69) is 10.6 Å². The van der Waals surface area contributed by atoms with Gasteiger partial charge in [-0.3, -0.25) is 9.59 Å². The second kappa shape index (κ2) is 6.86. The normalized spacial score (nSPS) is 22.2. The standard InChI is InChI=1S/C16H19ClN2O4/c17-11-3-5-12(6-4-11)19-15(21)14(20)18-9-13-10-22-16(23-13)7-1-2-8-16/h3-6,13H,1-2,7-10H2,(H,18,20)(H,19,21)/t13-/m1/s1. The van der Waals surface area contributed by atoms with Crippen LogP contribution in [-0.2, 0) is 19.1 Å². The fourth-order valence-electron chi connectivity index (χ4n) is 2.90. The third-order valence-electron chi connectivity index (χ3n) is 4.08. The largest absolute Gasteiger partial charge is 0.347 e. The molecule has 0 unspecified atom stereocenters. The summed E-state index contributed by atoms with van der Waals surface area (Å²) in [5.41, 5.74) is 0.514. The Kier molecular flexibility index (Phi) is 4.84. The van der Waals surface area contributed by atoms with Crippen molar-refractivity contribution in [1.29, 1.82) is 0 Å². The molecular formula is C16H19ClN2O4. The highest BCUT2D eigenvalue weighted by Crippen LogP contribution is 2.38. The van der Waals surface area contributed by atoms with E-state index in [1.807, 2.05) is 0 Å². The molecule has 1 spiro atoms. The Balaban J connectivity index is 1.44. The third kappa shape index (κ3) is 4.02. The van der Waals surface area contributed by atoms with Crippen LogP contribution in [0.4, 0.5) is 5.69 Å². The van der Waals surface area contributed by atoms with Crippen LogP contribution in [0.1, 0.15) is 25.7 Å². The van der Waals surface area contributed by atoms with E-state index < -0.39 is 17.6 Å². The molecule has 1 aliphatic heterocycles. The Labute approximate surface area is 139 Å². The van der Waals surface area contributed by atoms with Crippen molar-refractivity contribution in [3.63, 3.8) is 0 Å². The Hall–Kier alpha value is -1.63. The summed E-state index contributed by atoms with van der Waals surface area (Å²) in [4.78, 5) is 23.7. The molecular weight excluding hydrogens is 320 g/mol. The van der Waals surface area contributed by atoms with Crippen LogP contribution in [0.2, 0.25) is 5.02 Å². The van der Waals surface area contributed by atoms with E-state index in [1.54, 1.807) is 24.3 Å². The topological polar surface area (TPSA) is 76.7 Å². The Morgan fingerprint density at radius 3 is 2.57 bits per heavy atom. The van der Waals surface area contributed by atoms with E-state index in [0.29, 0.717) is 17.3 Å². The van der Waals surface area contributed by atoms with Crippen LogP contribution >= 0.6 is 11.6 Å². The van der Waals surface area contributed by atoms with Crippen molar-refractivity contribution in [2.75, 3.05) is 18.5 Å². The molecule has 1 atom stereocenters. The summed E-state index contributed by atoms with van der Waals surface area (Å²) in [5, 5.41) is 5.65. The quantitative estimate of drug-likeness (QED) is 0.827. The van der Waals surface area contributed by atoms with E-state index >= 15 is 0 Å². The van der Waals surface area contributed by atoms with Crippen molar-refractivity contribution in [3.05, 3.63) is 29.3 Å². The maximum Gasteiger partial charge on any atom is 0.313 e. The first kappa shape index (κ1) is 16.2. The molecule has 124 valence electrons. The van der Waals surface area contributed by atoms with E-state index in [-0.39, 0.29) is 12.6 Å². The predicted octanol–water partition coefficient (Wildman–Crippen LogP) is 2.08. The number of hydrogen-bond acceptors (Lipinski definition) is 4. The molecule has 2 fully saturated rings. The van der Waals surface area contributed by atoms with Gasteiger partial charge >= 0.3 is 11.8 Å². The summed E-state index contributed by atoms with van der Waals surface area (Å²) < 4.78 is 11.6. The van der Waals surface area contributed by atoms with Crippen molar-refractivity contribution in [3.8, 4) is 0 Å². The zero-order chi connectivity index (χ0) is 16.3.